The molecule has 2 N–H and O–H groups in total. The van der Waals surface area contributed by atoms with Gasteiger partial charge in [-0.25, -0.2) is 21.6 Å². The summed E-state index contributed by atoms with van der Waals surface area (Å²) in [4.78, 5) is -0.292. The quantitative estimate of drug-likeness (QED) is 0.782. The topological polar surface area (TPSA) is 95.6 Å². The van der Waals surface area contributed by atoms with Crippen molar-refractivity contribution in [3.63, 3.8) is 0 Å². The van der Waals surface area contributed by atoms with E-state index >= 15 is 0 Å². The second kappa shape index (κ2) is 7.32. The van der Waals surface area contributed by atoms with Crippen molar-refractivity contribution in [3.8, 4) is 0 Å². The zero-order chi connectivity index (χ0) is 18.1. The Morgan fingerprint density at radius 3 is 2.36 bits per heavy atom. The number of sulfonamides is 2. The van der Waals surface area contributed by atoms with E-state index in [1.165, 1.54) is 16.4 Å². The molecule has 7 nitrogen and oxygen atoms in total. The summed E-state index contributed by atoms with van der Waals surface area (Å²) in [6.45, 7) is 3.63. The van der Waals surface area contributed by atoms with E-state index in [-0.39, 0.29) is 21.9 Å². The molecule has 1 aromatic rings. The van der Waals surface area contributed by atoms with Crippen LogP contribution in [0.25, 0.3) is 0 Å². The first-order chi connectivity index (χ1) is 11.8. The molecule has 0 amide bonds. The van der Waals surface area contributed by atoms with Crippen LogP contribution in [0.1, 0.15) is 32.6 Å². The second-order valence-electron chi connectivity index (χ2n) is 6.76. The number of hydrogen-bond acceptors (Lipinski definition) is 5. The van der Waals surface area contributed by atoms with Gasteiger partial charge in [0.1, 0.15) is 9.79 Å². The van der Waals surface area contributed by atoms with Crippen LogP contribution in [0.2, 0.25) is 0 Å². The first-order valence-corrected chi connectivity index (χ1v) is 11.6. The van der Waals surface area contributed by atoms with Gasteiger partial charge in [-0.15, -0.1) is 0 Å². The third kappa shape index (κ3) is 4.06. The third-order valence-electron chi connectivity index (χ3n) is 4.77. The molecule has 0 bridgehead atoms. The predicted octanol–water partition coefficient (Wildman–Crippen LogP) is 0.890. The maximum absolute atomic E-state index is 12.9. The molecule has 0 saturated carbocycles. The van der Waals surface area contributed by atoms with Crippen molar-refractivity contribution >= 4 is 20.0 Å². The SMILES string of the molecule is CC1CC(NS(=O)(=O)c2ccccc2S(=O)(=O)N2CCCC2)CCN1. The minimum Gasteiger partial charge on any atom is -0.314 e. The molecule has 0 radical (unpaired) electrons. The van der Waals surface area contributed by atoms with Crippen LogP contribution in [0.5, 0.6) is 0 Å². The molecule has 9 heteroatoms. The smallest absolute Gasteiger partial charge is 0.244 e. The molecular formula is C16H25N3O4S2. The number of nitrogens with one attached hydrogen (secondary N) is 2. The highest BCUT2D eigenvalue weighted by molar-refractivity contribution is 7.92. The number of piperidine rings is 1. The lowest BCUT2D eigenvalue weighted by Crippen LogP contribution is -2.46. The first kappa shape index (κ1) is 18.8. The van der Waals surface area contributed by atoms with Gasteiger partial charge in [0.05, 0.1) is 0 Å². The first-order valence-electron chi connectivity index (χ1n) is 8.65. The van der Waals surface area contributed by atoms with Crippen molar-refractivity contribution in [1.82, 2.24) is 14.3 Å². The Kier molecular flexibility index (Phi) is 5.50. The number of rotatable bonds is 5. The Bertz CT molecular complexity index is 818. The summed E-state index contributed by atoms with van der Waals surface area (Å²) in [5, 5.41) is 3.27. The lowest BCUT2D eigenvalue weighted by Gasteiger charge is -2.28. The molecule has 0 aliphatic carbocycles. The fourth-order valence-corrected chi connectivity index (χ4v) is 7.08. The summed E-state index contributed by atoms with van der Waals surface area (Å²) < 4.78 is 55.6. The van der Waals surface area contributed by atoms with Gasteiger partial charge in [0.2, 0.25) is 20.0 Å². The second-order valence-corrected chi connectivity index (χ2v) is 10.3. The summed E-state index contributed by atoms with van der Waals surface area (Å²) in [6.07, 6.45) is 2.98. The Labute approximate surface area is 149 Å². The van der Waals surface area contributed by atoms with Gasteiger partial charge in [0, 0.05) is 25.2 Å². The van der Waals surface area contributed by atoms with Gasteiger partial charge in [-0.1, -0.05) is 12.1 Å². The molecule has 140 valence electrons. The molecule has 2 saturated heterocycles. The summed E-state index contributed by atoms with van der Waals surface area (Å²) in [7, 11) is -7.71. The minimum atomic E-state index is -3.91. The number of nitrogens with zero attached hydrogens (tertiary/aromatic N) is 1. The molecule has 25 heavy (non-hydrogen) atoms. The normalized spacial score (nSPS) is 26.0. The van der Waals surface area contributed by atoms with Gasteiger partial charge >= 0.3 is 0 Å². The van der Waals surface area contributed by atoms with E-state index in [0.29, 0.717) is 25.9 Å². The highest BCUT2D eigenvalue weighted by atomic mass is 32.2. The summed E-state index contributed by atoms with van der Waals surface area (Å²) >= 11 is 0. The van der Waals surface area contributed by atoms with Gasteiger partial charge in [-0.3, -0.25) is 0 Å². The Morgan fingerprint density at radius 1 is 1.08 bits per heavy atom. The predicted molar refractivity (Wildman–Crippen MR) is 95.2 cm³/mol. The highest BCUT2D eigenvalue weighted by Gasteiger charge is 2.33. The molecule has 3 rings (SSSR count). The van der Waals surface area contributed by atoms with Crippen LogP contribution >= 0.6 is 0 Å². The number of benzene rings is 1. The fraction of sp³-hybridized carbons (Fsp3) is 0.625. The van der Waals surface area contributed by atoms with E-state index < -0.39 is 20.0 Å². The standard InChI is InChI=1S/C16H25N3O4S2/c1-13-12-14(8-9-17-13)18-24(20,21)15-6-2-3-7-16(15)25(22,23)19-10-4-5-11-19/h2-3,6-7,13-14,17-18H,4-5,8-12H2,1H3. The van der Waals surface area contributed by atoms with E-state index in [1.54, 1.807) is 12.1 Å². The maximum Gasteiger partial charge on any atom is 0.244 e. The summed E-state index contributed by atoms with van der Waals surface area (Å²) in [5.74, 6) is 0. The molecule has 0 spiro atoms. The van der Waals surface area contributed by atoms with E-state index in [4.69, 9.17) is 0 Å². The van der Waals surface area contributed by atoms with Gasteiger partial charge in [0.15, 0.2) is 0 Å². The van der Waals surface area contributed by atoms with Crippen molar-refractivity contribution in [3.05, 3.63) is 24.3 Å². The van der Waals surface area contributed by atoms with E-state index in [9.17, 15) is 16.8 Å². The van der Waals surface area contributed by atoms with Crippen LogP contribution in [0.4, 0.5) is 0 Å². The average molecular weight is 388 g/mol. The molecule has 2 aliphatic heterocycles. The van der Waals surface area contributed by atoms with Crippen LogP contribution in [-0.4, -0.2) is 52.9 Å². The van der Waals surface area contributed by atoms with Gasteiger partial charge in [-0.05, 0) is 51.3 Å². The third-order valence-corrected chi connectivity index (χ3v) is 8.43. The zero-order valence-corrected chi connectivity index (χ0v) is 15.9. The van der Waals surface area contributed by atoms with Crippen LogP contribution in [0, 0.1) is 0 Å². The van der Waals surface area contributed by atoms with Crippen LogP contribution in [0.3, 0.4) is 0 Å². The van der Waals surface area contributed by atoms with Gasteiger partial charge in [-0.2, -0.15) is 4.31 Å². The molecule has 2 fully saturated rings. The molecule has 2 atom stereocenters. The Balaban J connectivity index is 1.91. The maximum atomic E-state index is 12.9. The highest BCUT2D eigenvalue weighted by Crippen LogP contribution is 2.27. The van der Waals surface area contributed by atoms with Crippen LogP contribution in [-0.2, 0) is 20.0 Å². The van der Waals surface area contributed by atoms with E-state index in [2.05, 4.69) is 10.0 Å². The molecule has 2 heterocycles. The molecule has 0 aromatic heterocycles. The summed E-state index contributed by atoms with van der Waals surface area (Å²) in [6, 6.07) is 5.91. The monoisotopic (exact) mass is 387 g/mol. The molecule has 2 unspecified atom stereocenters. The minimum absolute atomic E-state index is 0.133. The lowest BCUT2D eigenvalue weighted by molar-refractivity contribution is 0.361. The Hall–Kier alpha value is -1.00. The van der Waals surface area contributed by atoms with Crippen LogP contribution < -0.4 is 10.0 Å². The van der Waals surface area contributed by atoms with Crippen molar-refractivity contribution in [2.75, 3.05) is 19.6 Å². The largest absolute Gasteiger partial charge is 0.314 e. The molecule has 1 aromatic carbocycles. The van der Waals surface area contributed by atoms with Crippen LogP contribution in [0.15, 0.2) is 34.1 Å². The van der Waals surface area contributed by atoms with E-state index in [0.717, 1.165) is 19.4 Å². The average Bonchev–Trinajstić information content (AvgIpc) is 3.10. The zero-order valence-electron chi connectivity index (χ0n) is 14.3. The van der Waals surface area contributed by atoms with Crippen molar-refractivity contribution in [2.45, 2.75) is 54.5 Å². The van der Waals surface area contributed by atoms with Gasteiger partial charge < -0.3 is 5.32 Å². The van der Waals surface area contributed by atoms with Crippen molar-refractivity contribution < 1.29 is 16.8 Å². The lowest BCUT2D eigenvalue weighted by atomic mass is 10.0. The molecular weight excluding hydrogens is 362 g/mol. The van der Waals surface area contributed by atoms with Crippen molar-refractivity contribution in [1.29, 1.82) is 0 Å². The van der Waals surface area contributed by atoms with E-state index in [1.807, 2.05) is 6.92 Å². The Morgan fingerprint density at radius 2 is 1.72 bits per heavy atom. The number of hydrogen-bond donors (Lipinski definition) is 2. The molecule has 2 aliphatic rings. The van der Waals surface area contributed by atoms with Gasteiger partial charge in [0.25, 0.3) is 0 Å². The van der Waals surface area contributed by atoms with Crippen molar-refractivity contribution in [2.24, 2.45) is 0 Å². The fourth-order valence-electron chi connectivity index (χ4n) is 3.47. The summed E-state index contributed by atoms with van der Waals surface area (Å²) in [5.41, 5.74) is 0.